The third-order valence-corrected chi connectivity index (χ3v) is 3.49. The van der Waals surface area contributed by atoms with E-state index in [1.165, 1.54) is 51.4 Å². The van der Waals surface area contributed by atoms with Crippen molar-refractivity contribution in [3.8, 4) is 0 Å². The van der Waals surface area contributed by atoms with Gasteiger partial charge in [0.25, 0.3) is 0 Å². The fourth-order valence-electron chi connectivity index (χ4n) is 2.71. The molecule has 0 aromatic carbocycles. The van der Waals surface area contributed by atoms with E-state index in [9.17, 15) is 0 Å². The van der Waals surface area contributed by atoms with E-state index in [2.05, 4.69) is 19.2 Å². The van der Waals surface area contributed by atoms with Gasteiger partial charge in [-0.15, -0.1) is 0 Å². The highest BCUT2D eigenvalue weighted by Crippen LogP contribution is 2.28. The maximum Gasteiger partial charge on any atom is 0.00695 e. The van der Waals surface area contributed by atoms with Crippen molar-refractivity contribution in [1.82, 2.24) is 5.32 Å². The van der Waals surface area contributed by atoms with Crippen LogP contribution in [0.1, 0.15) is 65.2 Å². The Hall–Kier alpha value is -0.0400. The molecule has 1 saturated carbocycles. The van der Waals surface area contributed by atoms with Crippen LogP contribution < -0.4 is 5.32 Å². The second kappa shape index (κ2) is 7.28. The van der Waals surface area contributed by atoms with Gasteiger partial charge < -0.3 is 5.32 Å². The highest BCUT2D eigenvalue weighted by molar-refractivity contribution is 4.77. The number of unbranched alkanes of at least 4 members (excludes halogenated alkanes) is 2. The van der Waals surface area contributed by atoms with Gasteiger partial charge in [-0.3, -0.25) is 0 Å². The topological polar surface area (TPSA) is 12.0 Å². The lowest BCUT2D eigenvalue weighted by atomic mass is 9.82. The van der Waals surface area contributed by atoms with Crippen molar-refractivity contribution in [2.24, 2.45) is 5.92 Å². The Balaban J connectivity index is 2.12. The van der Waals surface area contributed by atoms with Gasteiger partial charge in [0.05, 0.1) is 0 Å². The summed E-state index contributed by atoms with van der Waals surface area (Å²) in [5.41, 5.74) is 0. The van der Waals surface area contributed by atoms with Crippen LogP contribution in [0.2, 0.25) is 0 Å². The van der Waals surface area contributed by atoms with E-state index in [1.807, 2.05) is 0 Å². The van der Waals surface area contributed by atoms with Crippen molar-refractivity contribution in [2.45, 2.75) is 71.3 Å². The standard InChI is InChI=1S/C13H27N/c1-3-5-6-8-12-9-7-10-13(11-12)14-4-2/h12-14H,3-11H2,1-2H3. The Morgan fingerprint density at radius 2 is 2.00 bits per heavy atom. The van der Waals surface area contributed by atoms with E-state index in [0.29, 0.717) is 0 Å². The molecule has 0 aliphatic heterocycles. The molecular weight excluding hydrogens is 170 g/mol. The Labute approximate surface area is 89.7 Å². The van der Waals surface area contributed by atoms with Crippen LogP contribution in [0.4, 0.5) is 0 Å². The third kappa shape index (κ3) is 4.45. The van der Waals surface area contributed by atoms with Gasteiger partial charge in [0, 0.05) is 6.04 Å². The zero-order valence-corrected chi connectivity index (χ0v) is 10.0. The van der Waals surface area contributed by atoms with Gasteiger partial charge in [0.15, 0.2) is 0 Å². The lowest BCUT2D eigenvalue weighted by Crippen LogP contribution is -2.33. The van der Waals surface area contributed by atoms with Crippen LogP contribution in [0.15, 0.2) is 0 Å². The van der Waals surface area contributed by atoms with Crippen molar-refractivity contribution in [1.29, 1.82) is 0 Å². The maximum atomic E-state index is 3.60. The number of hydrogen-bond acceptors (Lipinski definition) is 1. The number of nitrogens with one attached hydrogen (secondary N) is 1. The van der Waals surface area contributed by atoms with E-state index in [-0.39, 0.29) is 0 Å². The molecule has 14 heavy (non-hydrogen) atoms. The quantitative estimate of drug-likeness (QED) is 0.640. The highest BCUT2D eigenvalue weighted by atomic mass is 14.9. The van der Waals surface area contributed by atoms with Crippen molar-refractivity contribution in [2.75, 3.05) is 6.54 Å². The van der Waals surface area contributed by atoms with Gasteiger partial charge in [-0.05, 0) is 25.3 Å². The van der Waals surface area contributed by atoms with Gasteiger partial charge in [-0.1, -0.05) is 52.4 Å². The first-order valence-corrected chi connectivity index (χ1v) is 6.60. The minimum absolute atomic E-state index is 0.834. The van der Waals surface area contributed by atoms with Gasteiger partial charge in [-0.2, -0.15) is 0 Å². The van der Waals surface area contributed by atoms with Crippen LogP contribution in [0.25, 0.3) is 0 Å². The van der Waals surface area contributed by atoms with Crippen molar-refractivity contribution in [3.63, 3.8) is 0 Å². The second-order valence-corrected chi connectivity index (χ2v) is 4.78. The minimum atomic E-state index is 0.834. The largest absolute Gasteiger partial charge is 0.314 e. The van der Waals surface area contributed by atoms with Crippen LogP contribution in [0.3, 0.4) is 0 Å². The second-order valence-electron chi connectivity index (χ2n) is 4.78. The summed E-state index contributed by atoms with van der Waals surface area (Å²) in [6, 6.07) is 0.834. The molecule has 1 N–H and O–H groups in total. The number of rotatable bonds is 6. The molecule has 1 aliphatic carbocycles. The summed E-state index contributed by atoms with van der Waals surface area (Å²) in [6.07, 6.45) is 11.5. The van der Waals surface area contributed by atoms with Crippen LogP contribution >= 0.6 is 0 Å². The molecule has 2 unspecified atom stereocenters. The van der Waals surface area contributed by atoms with E-state index in [1.54, 1.807) is 0 Å². The summed E-state index contributed by atoms with van der Waals surface area (Å²) >= 11 is 0. The van der Waals surface area contributed by atoms with Gasteiger partial charge in [-0.25, -0.2) is 0 Å². The monoisotopic (exact) mass is 197 g/mol. The lowest BCUT2D eigenvalue weighted by molar-refractivity contribution is 0.270. The van der Waals surface area contributed by atoms with E-state index in [4.69, 9.17) is 0 Å². The molecule has 0 heterocycles. The average molecular weight is 197 g/mol. The smallest absolute Gasteiger partial charge is 0.00695 e. The maximum absolute atomic E-state index is 3.60. The molecule has 0 aromatic heterocycles. The summed E-state index contributed by atoms with van der Waals surface area (Å²) in [5, 5.41) is 3.60. The Kier molecular flexibility index (Phi) is 6.25. The Morgan fingerprint density at radius 3 is 2.71 bits per heavy atom. The molecular formula is C13H27N. The summed E-state index contributed by atoms with van der Waals surface area (Å²) < 4.78 is 0. The summed E-state index contributed by atoms with van der Waals surface area (Å²) in [7, 11) is 0. The molecule has 0 aromatic rings. The zero-order chi connectivity index (χ0) is 10.2. The summed E-state index contributed by atoms with van der Waals surface area (Å²) in [4.78, 5) is 0. The van der Waals surface area contributed by atoms with Crippen LogP contribution in [0.5, 0.6) is 0 Å². The Morgan fingerprint density at radius 1 is 1.14 bits per heavy atom. The highest BCUT2D eigenvalue weighted by Gasteiger charge is 2.20. The molecule has 1 aliphatic rings. The van der Waals surface area contributed by atoms with Crippen LogP contribution in [-0.2, 0) is 0 Å². The molecule has 1 heteroatoms. The zero-order valence-electron chi connectivity index (χ0n) is 10.0. The van der Waals surface area contributed by atoms with E-state index in [0.717, 1.165) is 18.5 Å². The molecule has 0 bridgehead atoms. The Bertz CT molecular complexity index is 131. The minimum Gasteiger partial charge on any atom is -0.314 e. The number of hydrogen-bond donors (Lipinski definition) is 1. The summed E-state index contributed by atoms with van der Waals surface area (Å²) in [6.45, 7) is 5.66. The van der Waals surface area contributed by atoms with Gasteiger partial charge in [0.1, 0.15) is 0 Å². The molecule has 84 valence electrons. The first kappa shape index (κ1) is 12.0. The molecule has 1 fully saturated rings. The van der Waals surface area contributed by atoms with Crippen molar-refractivity contribution >= 4 is 0 Å². The average Bonchev–Trinajstić information content (AvgIpc) is 2.19. The summed E-state index contributed by atoms with van der Waals surface area (Å²) in [5.74, 6) is 1.03. The molecule has 1 rings (SSSR count). The molecule has 0 amide bonds. The predicted octanol–water partition coefficient (Wildman–Crippen LogP) is 3.74. The fraction of sp³-hybridized carbons (Fsp3) is 1.00. The molecule has 1 nitrogen and oxygen atoms in total. The van der Waals surface area contributed by atoms with Crippen molar-refractivity contribution < 1.29 is 0 Å². The third-order valence-electron chi connectivity index (χ3n) is 3.49. The van der Waals surface area contributed by atoms with Crippen LogP contribution in [0, 0.1) is 5.92 Å². The van der Waals surface area contributed by atoms with Gasteiger partial charge in [0.2, 0.25) is 0 Å². The van der Waals surface area contributed by atoms with E-state index >= 15 is 0 Å². The van der Waals surface area contributed by atoms with Crippen molar-refractivity contribution in [3.05, 3.63) is 0 Å². The lowest BCUT2D eigenvalue weighted by Gasteiger charge is -2.29. The fourth-order valence-corrected chi connectivity index (χ4v) is 2.71. The molecule has 0 spiro atoms. The van der Waals surface area contributed by atoms with E-state index < -0.39 is 0 Å². The normalized spacial score (nSPS) is 27.9. The first-order chi connectivity index (χ1) is 6.86. The van der Waals surface area contributed by atoms with Gasteiger partial charge >= 0.3 is 0 Å². The molecule has 0 radical (unpaired) electrons. The SMILES string of the molecule is CCCCCC1CCCC(NCC)C1. The first-order valence-electron chi connectivity index (χ1n) is 6.60. The van der Waals surface area contributed by atoms with Crippen LogP contribution in [-0.4, -0.2) is 12.6 Å². The predicted molar refractivity (Wildman–Crippen MR) is 63.6 cm³/mol. The molecule has 2 atom stereocenters. The molecule has 0 saturated heterocycles.